The van der Waals surface area contributed by atoms with Crippen molar-refractivity contribution in [3.63, 3.8) is 0 Å². The molecule has 0 aliphatic heterocycles. The summed E-state index contributed by atoms with van der Waals surface area (Å²) in [4.78, 5) is 0. The fraction of sp³-hybridized carbons (Fsp3) is 0.158. The second-order valence-corrected chi connectivity index (χ2v) is 11.6. The van der Waals surface area contributed by atoms with Crippen LogP contribution in [-0.2, 0) is 0 Å². The molecule has 3 aromatic carbocycles. The zero-order valence-corrected chi connectivity index (χ0v) is 13.9. The molecule has 0 fully saturated rings. The first-order chi connectivity index (χ1) is 10.0. The van der Waals surface area contributed by atoms with Crippen molar-refractivity contribution < 1.29 is 0 Å². The van der Waals surface area contributed by atoms with Gasteiger partial charge in [-0.25, -0.2) is 0 Å². The highest BCUT2D eigenvalue weighted by Crippen LogP contribution is 2.22. The predicted octanol–water partition coefficient (Wildman–Crippen LogP) is 5.13. The van der Waals surface area contributed by atoms with Crippen LogP contribution in [0.15, 0.2) is 66.7 Å². The Hall–Kier alpha value is -2.06. The van der Waals surface area contributed by atoms with Crippen LogP contribution in [0.4, 0.5) is 11.4 Å². The molecule has 0 unspecified atom stereocenters. The summed E-state index contributed by atoms with van der Waals surface area (Å²) in [6.45, 7) is 7.12. The number of fused-ring (bicyclic) bond motifs is 1. The quantitative estimate of drug-likeness (QED) is 0.660. The Kier molecular flexibility index (Phi) is 3.56. The van der Waals surface area contributed by atoms with Crippen LogP contribution in [0.5, 0.6) is 0 Å². The van der Waals surface area contributed by atoms with E-state index >= 15 is 0 Å². The fourth-order valence-corrected chi connectivity index (χ4v) is 3.65. The molecule has 0 atom stereocenters. The molecule has 0 saturated heterocycles. The van der Waals surface area contributed by atoms with E-state index in [-0.39, 0.29) is 0 Å². The van der Waals surface area contributed by atoms with Gasteiger partial charge < -0.3 is 5.32 Å². The van der Waals surface area contributed by atoms with Gasteiger partial charge in [0, 0.05) is 11.4 Å². The van der Waals surface area contributed by atoms with Crippen LogP contribution < -0.4 is 10.5 Å². The first-order valence-corrected chi connectivity index (χ1v) is 10.9. The second kappa shape index (κ2) is 5.38. The monoisotopic (exact) mass is 291 g/mol. The Labute approximate surface area is 127 Å². The average molecular weight is 291 g/mol. The Morgan fingerprint density at radius 1 is 0.667 bits per heavy atom. The van der Waals surface area contributed by atoms with Gasteiger partial charge in [-0.3, -0.25) is 0 Å². The molecule has 0 heterocycles. The van der Waals surface area contributed by atoms with Gasteiger partial charge in [-0.2, -0.15) is 0 Å². The molecule has 0 amide bonds. The highest BCUT2D eigenvalue weighted by Gasteiger charge is 2.15. The minimum Gasteiger partial charge on any atom is -0.356 e. The average Bonchev–Trinajstić information content (AvgIpc) is 2.47. The molecule has 106 valence electrons. The molecule has 0 bridgehead atoms. The minimum absolute atomic E-state index is 1.13. The van der Waals surface area contributed by atoms with Gasteiger partial charge in [-0.1, -0.05) is 67.3 Å². The van der Waals surface area contributed by atoms with Crippen LogP contribution in [-0.4, -0.2) is 8.07 Å². The third-order valence-electron chi connectivity index (χ3n) is 3.79. The van der Waals surface area contributed by atoms with Gasteiger partial charge in [0.2, 0.25) is 0 Å². The van der Waals surface area contributed by atoms with Crippen LogP contribution in [0, 0.1) is 0 Å². The molecule has 2 heteroatoms. The molecule has 0 radical (unpaired) electrons. The number of anilines is 2. The zero-order chi connectivity index (χ0) is 14.9. The van der Waals surface area contributed by atoms with Crippen molar-refractivity contribution in [2.24, 2.45) is 0 Å². The summed E-state index contributed by atoms with van der Waals surface area (Å²) < 4.78 is 0. The third-order valence-corrected chi connectivity index (χ3v) is 5.85. The van der Waals surface area contributed by atoms with Crippen LogP contribution in [0.3, 0.4) is 0 Å². The van der Waals surface area contributed by atoms with E-state index < -0.39 is 8.07 Å². The lowest BCUT2D eigenvalue weighted by atomic mass is 10.1. The van der Waals surface area contributed by atoms with Crippen molar-refractivity contribution in [2.45, 2.75) is 19.6 Å². The highest BCUT2D eigenvalue weighted by atomic mass is 28.3. The lowest BCUT2D eigenvalue weighted by molar-refractivity contribution is 1.57. The summed E-state index contributed by atoms with van der Waals surface area (Å²) in [7, 11) is -1.21. The smallest absolute Gasteiger partial charge is 0.0775 e. The maximum atomic E-state index is 3.49. The van der Waals surface area contributed by atoms with E-state index in [1.54, 1.807) is 0 Å². The van der Waals surface area contributed by atoms with Gasteiger partial charge in [0.1, 0.15) is 0 Å². The van der Waals surface area contributed by atoms with E-state index in [0.717, 1.165) is 11.4 Å². The number of hydrogen-bond acceptors (Lipinski definition) is 1. The summed E-state index contributed by atoms with van der Waals surface area (Å²) >= 11 is 0. The molecule has 1 N–H and O–H groups in total. The molecule has 0 saturated carbocycles. The summed E-state index contributed by atoms with van der Waals surface area (Å²) in [6, 6.07) is 23.8. The third kappa shape index (κ3) is 3.17. The maximum absolute atomic E-state index is 3.49. The summed E-state index contributed by atoms with van der Waals surface area (Å²) in [5.41, 5.74) is 2.28. The van der Waals surface area contributed by atoms with E-state index in [1.165, 1.54) is 16.0 Å². The lowest BCUT2D eigenvalue weighted by Gasteiger charge is -2.17. The number of rotatable bonds is 3. The number of hydrogen-bond donors (Lipinski definition) is 1. The molecule has 3 rings (SSSR count). The first-order valence-electron chi connectivity index (χ1n) is 7.39. The normalized spacial score (nSPS) is 11.6. The highest BCUT2D eigenvalue weighted by molar-refractivity contribution is 6.88. The molecular weight excluding hydrogens is 270 g/mol. The van der Waals surface area contributed by atoms with E-state index in [2.05, 4.69) is 91.7 Å². The van der Waals surface area contributed by atoms with E-state index in [0.29, 0.717) is 0 Å². The molecular formula is C19H21NSi. The van der Waals surface area contributed by atoms with Gasteiger partial charge >= 0.3 is 0 Å². The van der Waals surface area contributed by atoms with Crippen LogP contribution in [0.2, 0.25) is 19.6 Å². The van der Waals surface area contributed by atoms with Crippen molar-refractivity contribution in [1.82, 2.24) is 0 Å². The maximum Gasteiger partial charge on any atom is 0.0775 e. The van der Waals surface area contributed by atoms with Crippen molar-refractivity contribution in [1.29, 1.82) is 0 Å². The number of nitrogens with one attached hydrogen (secondary N) is 1. The Morgan fingerprint density at radius 3 is 1.95 bits per heavy atom. The predicted molar refractivity (Wildman–Crippen MR) is 96.7 cm³/mol. The Morgan fingerprint density at radius 2 is 1.29 bits per heavy atom. The topological polar surface area (TPSA) is 12.0 Å². The zero-order valence-electron chi connectivity index (χ0n) is 12.9. The first kappa shape index (κ1) is 13.9. The van der Waals surface area contributed by atoms with E-state index in [9.17, 15) is 0 Å². The molecule has 3 aromatic rings. The van der Waals surface area contributed by atoms with Gasteiger partial charge in [-0.15, -0.1) is 0 Å². The summed E-state index contributed by atoms with van der Waals surface area (Å²) in [5.74, 6) is 0. The van der Waals surface area contributed by atoms with E-state index in [4.69, 9.17) is 0 Å². The summed E-state index contributed by atoms with van der Waals surface area (Å²) in [5, 5.41) is 7.52. The SMILES string of the molecule is C[Si](C)(C)c1ccc(Nc2ccc3ccccc3c2)cc1. The molecule has 0 aliphatic carbocycles. The molecule has 0 aliphatic rings. The van der Waals surface area contributed by atoms with Crippen LogP contribution in [0.25, 0.3) is 10.8 Å². The van der Waals surface area contributed by atoms with E-state index in [1.807, 2.05) is 0 Å². The molecule has 0 spiro atoms. The fourth-order valence-electron chi connectivity index (χ4n) is 2.49. The van der Waals surface area contributed by atoms with Crippen molar-refractivity contribution in [3.8, 4) is 0 Å². The van der Waals surface area contributed by atoms with Crippen molar-refractivity contribution in [2.75, 3.05) is 5.32 Å². The minimum atomic E-state index is -1.21. The van der Waals surface area contributed by atoms with Crippen LogP contribution in [0.1, 0.15) is 0 Å². The second-order valence-electron chi connectivity index (χ2n) is 6.51. The Balaban J connectivity index is 1.84. The van der Waals surface area contributed by atoms with Crippen LogP contribution >= 0.6 is 0 Å². The summed E-state index contributed by atoms with van der Waals surface area (Å²) in [6.07, 6.45) is 0. The number of benzene rings is 3. The standard InChI is InChI=1S/C19H21NSi/c1-21(2,3)19-12-10-17(11-13-19)20-18-9-8-15-6-4-5-7-16(15)14-18/h4-14,20H,1-3H3. The van der Waals surface area contributed by atoms with Gasteiger partial charge in [0.25, 0.3) is 0 Å². The lowest BCUT2D eigenvalue weighted by Crippen LogP contribution is -2.37. The largest absolute Gasteiger partial charge is 0.356 e. The van der Waals surface area contributed by atoms with Crippen molar-refractivity contribution in [3.05, 3.63) is 66.7 Å². The van der Waals surface area contributed by atoms with Gasteiger partial charge in [0.15, 0.2) is 0 Å². The molecule has 21 heavy (non-hydrogen) atoms. The molecule has 1 nitrogen and oxygen atoms in total. The van der Waals surface area contributed by atoms with Gasteiger partial charge in [-0.05, 0) is 35.0 Å². The Bertz CT molecular complexity index is 754. The van der Waals surface area contributed by atoms with Crippen molar-refractivity contribution >= 4 is 35.4 Å². The molecule has 0 aromatic heterocycles. The van der Waals surface area contributed by atoms with Gasteiger partial charge in [0.05, 0.1) is 8.07 Å².